The minimum atomic E-state index is -2.87. The molecule has 96 valence electrons. The number of hydrogen-bond donors (Lipinski definition) is 3. The molecule has 0 aliphatic heterocycles. The first-order valence-corrected chi connectivity index (χ1v) is 5.40. The monoisotopic (exact) mass is 254 g/mol. The van der Waals surface area contributed by atoms with E-state index < -0.39 is 25.0 Å². The minimum Gasteiger partial charge on any atom is -0.385 e. The van der Waals surface area contributed by atoms with Gasteiger partial charge in [0.1, 0.15) is 11.8 Å². The zero-order valence-corrected chi connectivity index (χ0v) is 9.36. The highest BCUT2D eigenvalue weighted by Crippen LogP contribution is 2.14. The third kappa shape index (κ3) is 2.65. The molecule has 0 saturated carbocycles. The van der Waals surface area contributed by atoms with Crippen LogP contribution in [0, 0.1) is 0 Å². The molecule has 0 radical (unpaired) electrons. The largest absolute Gasteiger partial charge is 0.385 e. The van der Waals surface area contributed by atoms with Crippen LogP contribution in [0.1, 0.15) is 10.5 Å². The number of nitrogens with one attached hydrogen (secondary N) is 2. The molecule has 1 heterocycles. The summed E-state index contributed by atoms with van der Waals surface area (Å²) in [5, 5.41) is 12.0. The van der Waals surface area contributed by atoms with Gasteiger partial charge in [0.25, 0.3) is 12.3 Å². The topological polar surface area (TPSA) is 65.1 Å². The van der Waals surface area contributed by atoms with Gasteiger partial charge in [-0.3, -0.25) is 4.79 Å². The van der Waals surface area contributed by atoms with Crippen molar-refractivity contribution in [1.82, 2.24) is 10.3 Å². The number of aliphatic hydroxyl groups excluding tert-OH is 1. The maximum Gasteiger partial charge on any atom is 0.267 e. The SMILES string of the molecule is O=C(NCC(O)C(F)F)c1cc2ccccc2[nH]1. The Labute approximate surface area is 102 Å². The van der Waals surface area contributed by atoms with Crippen LogP contribution in [0.5, 0.6) is 0 Å². The van der Waals surface area contributed by atoms with E-state index in [0.29, 0.717) is 0 Å². The Kier molecular flexibility index (Phi) is 3.57. The van der Waals surface area contributed by atoms with E-state index in [2.05, 4.69) is 10.3 Å². The number of alkyl halides is 2. The molecular weight excluding hydrogens is 242 g/mol. The molecule has 2 aromatic rings. The summed E-state index contributed by atoms with van der Waals surface area (Å²) in [4.78, 5) is 14.5. The average molecular weight is 254 g/mol. The fraction of sp³-hybridized carbons (Fsp3) is 0.250. The van der Waals surface area contributed by atoms with Crippen molar-refractivity contribution in [3.8, 4) is 0 Å². The summed E-state index contributed by atoms with van der Waals surface area (Å²) in [5.74, 6) is -0.522. The summed E-state index contributed by atoms with van der Waals surface area (Å²) in [5.41, 5.74) is 1.06. The maximum atomic E-state index is 12.0. The first-order valence-electron chi connectivity index (χ1n) is 5.40. The van der Waals surface area contributed by atoms with Crippen molar-refractivity contribution in [3.63, 3.8) is 0 Å². The molecule has 0 spiro atoms. The van der Waals surface area contributed by atoms with E-state index in [1.165, 1.54) is 0 Å². The molecule has 1 unspecified atom stereocenters. The van der Waals surface area contributed by atoms with Crippen molar-refractivity contribution in [1.29, 1.82) is 0 Å². The van der Waals surface area contributed by atoms with Gasteiger partial charge in [0.15, 0.2) is 0 Å². The molecule has 0 aliphatic carbocycles. The summed E-state index contributed by atoms with van der Waals surface area (Å²) in [6.45, 7) is -0.480. The van der Waals surface area contributed by atoms with Crippen molar-refractivity contribution >= 4 is 16.8 Å². The molecule has 0 saturated heterocycles. The number of carbonyl (C=O) groups excluding carboxylic acids is 1. The lowest BCUT2D eigenvalue weighted by molar-refractivity contribution is -0.00272. The molecule has 4 nitrogen and oxygen atoms in total. The zero-order chi connectivity index (χ0) is 13.1. The number of aliphatic hydroxyl groups is 1. The summed E-state index contributed by atoms with van der Waals surface area (Å²) in [6.07, 6.45) is -4.72. The van der Waals surface area contributed by atoms with Crippen LogP contribution in [0.3, 0.4) is 0 Å². The predicted octanol–water partition coefficient (Wildman–Crippen LogP) is 1.52. The number of halogens is 2. The van der Waals surface area contributed by atoms with Gasteiger partial charge in [-0.15, -0.1) is 0 Å². The second-order valence-corrected chi connectivity index (χ2v) is 3.88. The lowest BCUT2D eigenvalue weighted by atomic mass is 10.2. The second kappa shape index (κ2) is 5.14. The van der Waals surface area contributed by atoms with Gasteiger partial charge in [-0.1, -0.05) is 18.2 Å². The standard InChI is InChI=1S/C12H12F2N2O2/c13-11(14)10(17)6-15-12(18)9-5-7-3-1-2-4-8(7)16-9/h1-5,10-11,16-17H,6H2,(H,15,18). The van der Waals surface area contributed by atoms with Gasteiger partial charge in [-0.2, -0.15) is 0 Å². The van der Waals surface area contributed by atoms with Crippen LogP contribution in [0.2, 0.25) is 0 Å². The first-order chi connectivity index (χ1) is 8.58. The van der Waals surface area contributed by atoms with Crippen LogP contribution in [0.15, 0.2) is 30.3 Å². The van der Waals surface area contributed by atoms with Gasteiger partial charge in [0.05, 0.1) is 0 Å². The van der Waals surface area contributed by atoms with Gasteiger partial charge in [-0.25, -0.2) is 8.78 Å². The summed E-state index contributed by atoms with van der Waals surface area (Å²) in [7, 11) is 0. The van der Waals surface area contributed by atoms with E-state index in [9.17, 15) is 13.6 Å². The normalized spacial score (nSPS) is 12.9. The summed E-state index contributed by atoms with van der Waals surface area (Å²) < 4.78 is 24.1. The second-order valence-electron chi connectivity index (χ2n) is 3.88. The van der Waals surface area contributed by atoms with Crippen LogP contribution >= 0.6 is 0 Å². The fourth-order valence-electron chi connectivity index (χ4n) is 1.58. The van der Waals surface area contributed by atoms with Crippen molar-refractivity contribution in [3.05, 3.63) is 36.0 Å². The number of aromatic nitrogens is 1. The summed E-state index contributed by atoms with van der Waals surface area (Å²) >= 11 is 0. The van der Waals surface area contributed by atoms with E-state index >= 15 is 0 Å². The average Bonchev–Trinajstić information content (AvgIpc) is 2.79. The van der Waals surface area contributed by atoms with Crippen molar-refractivity contribution in [2.45, 2.75) is 12.5 Å². The van der Waals surface area contributed by atoms with Gasteiger partial charge in [0, 0.05) is 17.4 Å². The fourth-order valence-corrected chi connectivity index (χ4v) is 1.58. The number of aromatic amines is 1. The van der Waals surface area contributed by atoms with Crippen LogP contribution < -0.4 is 5.32 Å². The Morgan fingerprint density at radius 1 is 1.39 bits per heavy atom. The first kappa shape index (κ1) is 12.5. The van der Waals surface area contributed by atoms with Crippen molar-refractivity contribution in [2.24, 2.45) is 0 Å². The summed E-state index contributed by atoms with van der Waals surface area (Å²) in [6, 6.07) is 8.91. The molecule has 18 heavy (non-hydrogen) atoms. The van der Waals surface area contributed by atoms with E-state index in [1.54, 1.807) is 12.1 Å². The Morgan fingerprint density at radius 2 is 2.11 bits per heavy atom. The number of rotatable bonds is 4. The number of hydrogen-bond acceptors (Lipinski definition) is 2. The van der Waals surface area contributed by atoms with Gasteiger partial charge in [-0.05, 0) is 12.1 Å². The highest BCUT2D eigenvalue weighted by Gasteiger charge is 2.18. The van der Waals surface area contributed by atoms with Gasteiger partial charge < -0.3 is 15.4 Å². The molecule has 0 bridgehead atoms. The molecule has 6 heteroatoms. The number of fused-ring (bicyclic) bond motifs is 1. The van der Waals surface area contributed by atoms with Crippen LogP contribution in [0.4, 0.5) is 8.78 Å². The lowest BCUT2D eigenvalue weighted by Gasteiger charge is -2.09. The molecule has 0 fully saturated rings. The predicted molar refractivity (Wildman–Crippen MR) is 62.6 cm³/mol. The third-order valence-corrected chi connectivity index (χ3v) is 2.54. The van der Waals surface area contributed by atoms with E-state index in [0.717, 1.165) is 10.9 Å². The lowest BCUT2D eigenvalue weighted by Crippen LogP contribution is -2.35. The van der Waals surface area contributed by atoms with Crippen LogP contribution in [-0.2, 0) is 0 Å². The smallest absolute Gasteiger partial charge is 0.267 e. The molecule has 1 amide bonds. The maximum absolute atomic E-state index is 12.0. The molecular formula is C12H12F2N2O2. The van der Waals surface area contributed by atoms with E-state index in [-0.39, 0.29) is 5.69 Å². The third-order valence-electron chi connectivity index (χ3n) is 2.54. The van der Waals surface area contributed by atoms with Gasteiger partial charge in [0.2, 0.25) is 0 Å². The van der Waals surface area contributed by atoms with Crippen molar-refractivity contribution in [2.75, 3.05) is 6.54 Å². The Bertz CT molecular complexity index is 521. The Morgan fingerprint density at radius 3 is 2.78 bits per heavy atom. The highest BCUT2D eigenvalue weighted by atomic mass is 19.3. The van der Waals surface area contributed by atoms with Crippen molar-refractivity contribution < 1.29 is 18.7 Å². The molecule has 1 aromatic carbocycles. The molecule has 0 aliphatic rings. The Hall–Kier alpha value is -1.95. The minimum absolute atomic E-state index is 0.276. The number of para-hydroxylation sites is 1. The molecule has 1 atom stereocenters. The molecule has 1 aromatic heterocycles. The molecule has 2 rings (SSSR count). The highest BCUT2D eigenvalue weighted by molar-refractivity contribution is 5.97. The number of carbonyl (C=O) groups is 1. The number of H-pyrrole nitrogens is 1. The van der Waals surface area contributed by atoms with Crippen LogP contribution in [-0.4, -0.2) is 35.1 Å². The number of amides is 1. The van der Waals surface area contributed by atoms with E-state index in [1.807, 2.05) is 18.2 Å². The quantitative estimate of drug-likeness (QED) is 0.774. The number of benzene rings is 1. The zero-order valence-electron chi connectivity index (χ0n) is 9.36. The Balaban J connectivity index is 2.05. The van der Waals surface area contributed by atoms with Gasteiger partial charge >= 0.3 is 0 Å². The molecule has 3 N–H and O–H groups in total. The van der Waals surface area contributed by atoms with Crippen LogP contribution in [0.25, 0.3) is 10.9 Å². The van der Waals surface area contributed by atoms with E-state index in [4.69, 9.17) is 5.11 Å².